The predicted octanol–water partition coefficient (Wildman–Crippen LogP) is 11.1. The van der Waals surface area contributed by atoms with Crippen molar-refractivity contribution < 1.29 is 14.2 Å². The van der Waals surface area contributed by atoms with Crippen molar-refractivity contribution in [1.29, 1.82) is 0 Å². The van der Waals surface area contributed by atoms with Gasteiger partial charge in [-0.2, -0.15) is 0 Å². The van der Waals surface area contributed by atoms with Gasteiger partial charge >= 0.3 is 0 Å². The quantitative estimate of drug-likeness (QED) is 0.210. The van der Waals surface area contributed by atoms with E-state index in [0.29, 0.717) is 16.4 Å². The topological polar surface area (TPSA) is 51.2 Å². The number of rotatable bonds is 11. The average molecular weight is 587 g/mol. The summed E-state index contributed by atoms with van der Waals surface area (Å²) in [6, 6.07) is 17.1. The summed E-state index contributed by atoms with van der Waals surface area (Å²) in [5.41, 5.74) is 5.58. The molecule has 0 aliphatic rings. The monoisotopic (exact) mass is 586 g/mol. The normalized spacial score (nSPS) is 12.4. The molecule has 0 spiro atoms. The van der Waals surface area contributed by atoms with Gasteiger partial charge in [-0.1, -0.05) is 138 Å². The van der Waals surface area contributed by atoms with Crippen LogP contribution in [0.3, 0.4) is 0 Å². The van der Waals surface area contributed by atoms with Crippen LogP contribution in [-0.4, -0.2) is 11.0 Å². The first-order chi connectivity index (χ1) is 19.5. The second-order valence-corrected chi connectivity index (χ2v) is 16.2. The highest BCUT2D eigenvalue weighted by molar-refractivity contribution is 8.01. The summed E-state index contributed by atoms with van der Waals surface area (Å²) in [5, 5.41) is 0.301. The molecule has 226 valence electrons. The molecule has 4 heteroatoms. The summed E-state index contributed by atoms with van der Waals surface area (Å²) in [6.07, 6.45) is 0. The van der Waals surface area contributed by atoms with Crippen molar-refractivity contribution in [2.24, 2.45) is 0 Å². The van der Waals surface area contributed by atoms with E-state index in [1.54, 1.807) is 24.3 Å². The molecule has 0 amide bonds. The zero-order chi connectivity index (χ0) is 31.7. The Balaban J connectivity index is 2.49. The van der Waals surface area contributed by atoms with Crippen molar-refractivity contribution in [2.75, 3.05) is 0 Å². The Morgan fingerprint density at radius 2 is 0.762 bits per heavy atom. The molecular weight excluding hydrogens is 535 g/mol. The summed E-state index contributed by atoms with van der Waals surface area (Å²) in [5.74, 6) is 0.607. The maximum Gasteiger partial charge on any atom is 0.248 e. The van der Waals surface area contributed by atoms with Gasteiger partial charge in [0.15, 0.2) is 0 Å². The molecular formula is C38H51O3P. The maximum absolute atomic E-state index is 15.7. The molecule has 0 aliphatic carbocycles. The van der Waals surface area contributed by atoms with Crippen LogP contribution < -0.4 is 5.30 Å². The smallest absolute Gasteiger partial charge is 0.248 e. The van der Waals surface area contributed by atoms with Gasteiger partial charge in [0.2, 0.25) is 18.2 Å². The fraction of sp³-hybridized carbons (Fsp3) is 0.474. The predicted molar refractivity (Wildman–Crippen MR) is 180 cm³/mol. The Bertz CT molecular complexity index is 1340. The second-order valence-electron chi connectivity index (χ2n) is 13.6. The molecule has 3 nitrogen and oxygen atoms in total. The lowest BCUT2D eigenvalue weighted by atomic mass is 9.85. The zero-order valence-electron chi connectivity index (χ0n) is 27.8. The molecule has 0 atom stereocenters. The van der Waals surface area contributed by atoms with Crippen LogP contribution in [0.4, 0.5) is 0 Å². The Morgan fingerprint density at radius 3 is 1.00 bits per heavy atom. The SMILES string of the molecule is CC(C)c1cc(C(C)C)c(C(=O)P(=O)(C(=O)c2c(C(C)C)cc(C(C)C)cc2C(C)C)c2ccccc2)c(C(C)C)c1. The fourth-order valence-corrected chi connectivity index (χ4v) is 8.08. The van der Waals surface area contributed by atoms with E-state index in [9.17, 15) is 0 Å². The van der Waals surface area contributed by atoms with Crippen molar-refractivity contribution in [3.8, 4) is 0 Å². The molecule has 42 heavy (non-hydrogen) atoms. The molecule has 0 unspecified atom stereocenters. The van der Waals surface area contributed by atoms with Crippen LogP contribution in [0.1, 0.15) is 173 Å². The van der Waals surface area contributed by atoms with Crippen LogP contribution in [0, 0.1) is 0 Å². The van der Waals surface area contributed by atoms with E-state index in [4.69, 9.17) is 0 Å². The molecule has 0 bridgehead atoms. The summed E-state index contributed by atoms with van der Waals surface area (Å²) in [4.78, 5) is 30.1. The lowest BCUT2D eigenvalue weighted by Crippen LogP contribution is -2.25. The minimum Gasteiger partial charge on any atom is -0.302 e. The number of benzene rings is 3. The molecule has 0 saturated carbocycles. The van der Waals surface area contributed by atoms with E-state index >= 15 is 14.2 Å². The van der Waals surface area contributed by atoms with E-state index in [2.05, 4.69) is 107 Å². The van der Waals surface area contributed by atoms with Crippen LogP contribution in [-0.2, 0) is 4.57 Å². The van der Waals surface area contributed by atoms with Gasteiger partial charge in [0.05, 0.1) is 0 Å². The fourth-order valence-electron chi connectivity index (χ4n) is 5.69. The maximum atomic E-state index is 15.7. The molecule has 0 aromatic heterocycles. The van der Waals surface area contributed by atoms with Gasteiger partial charge in [0.25, 0.3) is 0 Å². The van der Waals surface area contributed by atoms with Crippen molar-refractivity contribution >= 4 is 23.5 Å². The molecule has 0 fully saturated rings. The van der Waals surface area contributed by atoms with Gasteiger partial charge in [0, 0.05) is 16.4 Å². The largest absolute Gasteiger partial charge is 0.302 e. The van der Waals surface area contributed by atoms with Gasteiger partial charge in [-0.25, -0.2) is 0 Å². The second kappa shape index (κ2) is 13.3. The molecule has 3 aromatic carbocycles. The highest BCUT2D eigenvalue weighted by Crippen LogP contribution is 2.55. The highest BCUT2D eigenvalue weighted by Gasteiger charge is 2.46. The van der Waals surface area contributed by atoms with Gasteiger partial charge in [-0.05, 0) is 68.9 Å². The Morgan fingerprint density at radius 1 is 0.476 bits per heavy atom. The van der Waals surface area contributed by atoms with Crippen LogP contribution in [0.15, 0.2) is 54.6 Å². The minimum absolute atomic E-state index is 0.0160. The summed E-state index contributed by atoms with van der Waals surface area (Å²) >= 11 is 0. The van der Waals surface area contributed by atoms with E-state index in [1.807, 2.05) is 6.07 Å². The van der Waals surface area contributed by atoms with Crippen LogP contribution >= 0.6 is 7.14 Å². The van der Waals surface area contributed by atoms with Crippen LogP contribution in [0.25, 0.3) is 0 Å². The third-order valence-electron chi connectivity index (χ3n) is 8.38. The van der Waals surface area contributed by atoms with E-state index in [1.165, 1.54) is 0 Å². The van der Waals surface area contributed by atoms with Crippen LogP contribution in [0.5, 0.6) is 0 Å². The summed E-state index contributed by atoms with van der Waals surface area (Å²) in [7, 11) is -4.32. The molecule has 0 heterocycles. The Hall–Kier alpha value is -2.77. The third kappa shape index (κ3) is 6.42. The third-order valence-corrected chi connectivity index (χ3v) is 11.0. The first-order valence-corrected chi connectivity index (χ1v) is 17.3. The Labute approximate surface area is 254 Å². The highest BCUT2D eigenvalue weighted by atomic mass is 31.2. The van der Waals surface area contributed by atoms with Crippen molar-refractivity contribution in [1.82, 2.24) is 0 Å². The number of carbonyl (C=O) groups excluding carboxylic acids is 2. The van der Waals surface area contributed by atoms with E-state index < -0.39 is 18.2 Å². The summed E-state index contributed by atoms with van der Waals surface area (Å²) in [6.45, 7) is 25.1. The van der Waals surface area contributed by atoms with Crippen molar-refractivity contribution in [3.05, 3.63) is 99.1 Å². The van der Waals surface area contributed by atoms with Crippen molar-refractivity contribution in [3.63, 3.8) is 0 Å². The molecule has 0 N–H and O–H groups in total. The molecule has 0 aliphatic heterocycles. The summed E-state index contributed by atoms with van der Waals surface area (Å²) < 4.78 is 15.7. The number of carbonyl (C=O) groups is 2. The zero-order valence-corrected chi connectivity index (χ0v) is 28.7. The number of hydrogen-bond donors (Lipinski definition) is 0. The molecule has 3 aromatic rings. The molecule has 3 rings (SSSR count). The van der Waals surface area contributed by atoms with Gasteiger partial charge in [-0.3, -0.25) is 9.59 Å². The Kier molecular flexibility index (Phi) is 10.6. The van der Waals surface area contributed by atoms with Gasteiger partial charge in [-0.15, -0.1) is 0 Å². The first-order valence-electron chi connectivity index (χ1n) is 15.6. The van der Waals surface area contributed by atoms with E-state index in [-0.39, 0.29) is 35.5 Å². The van der Waals surface area contributed by atoms with Crippen molar-refractivity contribution in [2.45, 2.75) is 119 Å². The average Bonchev–Trinajstić information content (AvgIpc) is 2.94. The number of hydrogen-bond acceptors (Lipinski definition) is 3. The van der Waals surface area contributed by atoms with Gasteiger partial charge < -0.3 is 4.57 Å². The van der Waals surface area contributed by atoms with Gasteiger partial charge in [0.1, 0.15) is 0 Å². The van der Waals surface area contributed by atoms with Crippen LogP contribution in [0.2, 0.25) is 0 Å². The standard InChI is InChI=1S/C38H51O3P/c1-22(2)28-18-31(24(5)6)35(32(19-28)25(7)8)37(39)42(41,30-16-14-13-15-17-30)38(40)36-33(26(9)10)20-29(23(3)4)21-34(36)27(11)12/h13-27H,1-12H3. The molecule has 0 saturated heterocycles. The van der Waals surface area contributed by atoms with E-state index in [0.717, 1.165) is 33.4 Å². The lowest BCUT2D eigenvalue weighted by Gasteiger charge is -2.27. The lowest BCUT2D eigenvalue weighted by molar-refractivity contribution is 0.103. The first kappa shape index (κ1) is 33.7. The molecule has 0 radical (unpaired) electrons. The minimum atomic E-state index is -4.32.